The molecule has 1 fully saturated rings. The van der Waals surface area contributed by atoms with Gasteiger partial charge < -0.3 is 9.30 Å². The van der Waals surface area contributed by atoms with Crippen LogP contribution in [-0.2, 0) is 5.88 Å². The fourth-order valence-corrected chi connectivity index (χ4v) is 4.15. The highest BCUT2D eigenvalue weighted by molar-refractivity contribution is 7.99. The van der Waals surface area contributed by atoms with Crippen LogP contribution >= 0.6 is 23.4 Å². The summed E-state index contributed by atoms with van der Waals surface area (Å²) in [6.45, 7) is 0. The van der Waals surface area contributed by atoms with Crippen LogP contribution in [-0.4, -0.2) is 28.2 Å². The summed E-state index contributed by atoms with van der Waals surface area (Å²) in [7, 11) is 1.48. The standard InChI is InChI=1S/C15H18ClFN2OS/c1-20-14-7-13-12(6-11(14)17)18-15(8-16)19(13)9-3-4-10(5-9)21-2/h6-7,9-10H,3-5,8H2,1-2H3. The van der Waals surface area contributed by atoms with Crippen molar-refractivity contribution in [2.45, 2.75) is 36.4 Å². The number of rotatable bonds is 4. The molecule has 114 valence electrons. The van der Waals surface area contributed by atoms with Crippen LogP contribution in [0.3, 0.4) is 0 Å². The Kier molecular flexibility index (Phi) is 4.31. The summed E-state index contributed by atoms with van der Waals surface area (Å²) in [5.41, 5.74) is 1.56. The zero-order chi connectivity index (χ0) is 15.0. The fourth-order valence-electron chi connectivity index (χ4n) is 3.17. The summed E-state index contributed by atoms with van der Waals surface area (Å²) in [6.07, 6.45) is 5.57. The highest BCUT2D eigenvalue weighted by Gasteiger charge is 2.28. The lowest BCUT2D eigenvalue weighted by Crippen LogP contribution is -2.09. The van der Waals surface area contributed by atoms with Crippen LogP contribution in [0.2, 0.25) is 0 Å². The third-order valence-corrected chi connectivity index (χ3v) is 5.54. The number of aromatic nitrogens is 2. The first kappa shape index (κ1) is 15.0. The van der Waals surface area contributed by atoms with Crippen molar-refractivity contribution in [3.05, 3.63) is 23.8 Å². The van der Waals surface area contributed by atoms with Gasteiger partial charge in [0.25, 0.3) is 0 Å². The van der Waals surface area contributed by atoms with Gasteiger partial charge in [-0.05, 0) is 25.5 Å². The van der Waals surface area contributed by atoms with Crippen LogP contribution in [0.15, 0.2) is 12.1 Å². The Morgan fingerprint density at radius 1 is 1.48 bits per heavy atom. The van der Waals surface area contributed by atoms with Gasteiger partial charge in [-0.3, -0.25) is 0 Å². The van der Waals surface area contributed by atoms with Crippen molar-refractivity contribution in [2.24, 2.45) is 0 Å². The Hall–Kier alpha value is -0.940. The largest absolute Gasteiger partial charge is 0.494 e. The van der Waals surface area contributed by atoms with E-state index in [0.29, 0.717) is 22.7 Å². The average Bonchev–Trinajstić information content (AvgIpc) is 3.09. The molecule has 0 N–H and O–H groups in total. The maximum Gasteiger partial charge on any atom is 0.167 e. The summed E-state index contributed by atoms with van der Waals surface area (Å²) >= 11 is 7.96. The molecule has 0 amide bonds. The molecule has 1 aliphatic rings. The predicted molar refractivity (Wildman–Crippen MR) is 86.0 cm³/mol. The van der Waals surface area contributed by atoms with Crippen molar-refractivity contribution in [1.29, 1.82) is 0 Å². The van der Waals surface area contributed by atoms with Gasteiger partial charge in [-0.2, -0.15) is 11.8 Å². The Labute approximate surface area is 132 Å². The molecule has 3 nitrogen and oxygen atoms in total. The first-order valence-electron chi connectivity index (χ1n) is 7.01. The van der Waals surface area contributed by atoms with Gasteiger partial charge in [-0.1, -0.05) is 0 Å². The van der Waals surface area contributed by atoms with Gasteiger partial charge in [0.15, 0.2) is 11.6 Å². The number of halogens is 2. The lowest BCUT2D eigenvalue weighted by molar-refractivity contribution is 0.387. The number of benzene rings is 1. The Morgan fingerprint density at radius 2 is 2.29 bits per heavy atom. The molecule has 3 rings (SSSR count). The summed E-state index contributed by atoms with van der Waals surface area (Å²) in [4.78, 5) is 4.49. The number of fused-ring (bicyclic) bond motifs is 1. The molecular weight excluding hydrogens is 311 g/mol. The molecule has 2 unspecified atom stereocenters. The van der Waals surface area contributed by atoms with E-state index in [-0.39, 0.29) is 11.6 Å². The van der Waals surface area contributed by atoms with Gasteiger partial charge in [-0.15, -0.1) is 11.6 Å². The molecule has 1 saturated carbocycles. The smallest absolute Gasteiger partial charge is 0.167 e. The number of hydrogen-bond donors (Lipinski definition) is 0. The second kappa shape index (κ2) is 6.05. The van der Waals surface area contributed by atoms with E-state index in [4.69, 9.17) is 16.3 Å². The molecule has 0 aliphatic heterocycles. The van der Waals surface area contributed by atoms with E-state index < -0.39 is 0 Å². The Bertz CT molecular complexity index is 661. The maximum absolute atomic E-state index is 13.8. The summed E-state index contributed by atoms with van der Waals surface area (Å²) in [6, 6.07) is 3.55. The normalized spacial score (nSPS) is 22.1. The fraction of sp³-hybridized carbons (Fsp3) is 0.533. The monoisotopic (exact) mass is 328 g/mol. The zero-order valence-electron chi connectivity index (χ0n) is 12.1. The second-order valence-electron chi connectivity index (χ2n) is 5.33. The number of ether oxygens (including phenoxy) is 1. The molecule has 1 aromatic heterocycles. The van der Waals surface area contributed by atoms with Crippen molar-refractivity contribution in [3.8, 4) is 5.75 Å². The molecule has 1 heterocycles. The van der Waals surface area contributed by atoms with E-state index in [1.54, 1.807) is 6.07 Å². The molecule has 1 aromatic carbocycles. The number of nitrogens with zero attached hydrogens (tertiary/aromatic N) is 2. The molecule has 0 saturated heterocycles. The van der Waals surface area contributed by atoms with E-state index >= 15 is 0 Å². The SMILES string of the molecule is COc1cc2c(cc1F)nc(CCl)n2C1CCC(SC)C1. The van der Waals surface area contributed by atoms with E-state index in [9.17, 15) is 4.39 Å². The quantitative estimate of drug-likeness (QED) is 0.779. The van der Waals surface area contributed by atoms with Crippen molar-refractivity contribution < 1.29 is 9.13 Å². The van der Waals surface area contributed by atoms with Crippen LogP contribution in [0.4, 0.5) is 4.39 Å². The number of thioether (sulfide) groups is 1. The lowest BCUT2D eigenvalue weighted by atomic mass is 10.2. The number of methoxy groups -OCH3 is 1. The first-order chi connectivity index (χ1) is 10.2. The van der Waals surface area contributed by atoms with Gasteiger partial charge in [0.1, 0.15) is 5.82 Å². The van der Waals surface area contributed by atoms with Crippen molar-refractivity contribution in [1.82, 2.24) is 9.55 Å². The molecule has 2 atom stereocenters. The molecule has 0 spiro atoms. The Morgan fingerprint density at radius 3 is 2.90 bits per heavy atom. The van der Waals surface area contributed by atoms with E-state index in [1.165, 1.54) is 19.6 Å². The second-order valence-corrected chi connectivity index (χ2v) is 6.74. The van der Waals surface area contributed by atoms with Crippen LogP contribution in [0.5, 0.6) is 5.75 Å². The number of hydrogen-bond acceptors (Lipinski definition) is 3. The molecule has 21 heavy (non-hydrogen) atoms. The van der Waals surface area contributed by atoms with Gasteiger partial charge >= 0.3 is 0 Å². The molecular formula is C15H18ClFN2OS. The van der Waals surface area contributed by atoms with Crippen molar-refractivity contribution >= 4 is 34.4 Å². The summed E-state index contributed by atoms with van der Waals surface area (Å²) < 4.78 is 21.1. The van der Waals surface area contributed by atoms with Gasteiger partial charge in [0.05, 0.1) is 24.0 Å². The van der Waals surface area contributed by atoms with Crippen LogP contribution in [0.1, 0.15) is 31.1 Å². The van der Waals surface area contributed by atoms with Crippen LogP contribution in [0, 0.1) is 5.82 Å². The molecule has 2 aromatic rings. The first-order valence-corrected chi connectivity index (χ1v) is 8.83. The summed E-state index contributed by atoms with van der Waals surface area (Å²) in [5, 5.41) is 0.679. The topological polar surface area (TPSA) is 27.1 Å². The van der Waals surface area contributed by atoms with E-state index in [2.05, 4.69) is 15.8 Å². The molecule has 6 heteroatoms. The van der Waals surface area contributed by atoms with Gasteiger partial charge in [0, 0.05) is 23.4 Å². The minimum Gasteiger partial charge on any atom is -0.494 e. The van der Waals surface area contributed by atoms with E-state index in [0.717, 1.165) is 24.2 Å². The minimum absolute atomic E-state index is 0.254. The number of imidazole rings is 1. The van der Waals surface area contributed by atoms with Crippen LogP contribution in [0.25, 0.3) is 11.0 Å². The average molecular weight is 329 g/mol. The van der Waals surface area contributed by atoms with Gasteiger partial charge in [0.2, 0.25) is 0 Å². The third kappa shape index (κ3) is 2.61. The Balaban J connectivity index is 2.11. The molecule has 0 bridgehead atoms. The maximum atomic E-state index is 13.8. The van der Waals surface area contributed by atoms with Crippen molar-refractivity contribution in [2.75, 3.05) is 13.4 Å². The van der Waals surface area contributed by atoms with Crippen LogP contribution < -0.4 is 4.74 Å². The minimum atomic E-state index is -0.385. The highest BCUT2D eigenvalue weighted by atomic mass is 35.5. The van der Waals surface area contributed by atoms with E-state index in [1.807, 2.05) is 11.8 Å². The molecule has 1 aliphatic carbocycles. The van der Waals surface area contributed by atoms with Gasteiger partial charge in [-0.25, -0.2) is 9.37 Å². The number of alkyl halides is 1. The molecule has 0 radical (unpaired) electrons. The zero-order valence-corrected chi connectivity index (χ0v) is 13.7. The third-order valence-electron chi connectivity index (χ3n) is 4.21. The summed E-state index contributed by atoms with van der Waals surface area (Å²) in [5.74, 6) is 1.01. The predicted octanol–water partition coefficient (Wildman–Crippen LogP) is 4.38. The highest BCUT2D eigenvalue weighted by Crippen LogP contribution is 2.39. The van der Waals surface area contributed by atoms with Crippen molar-refractivity contribution in [3.63, 3.8) is 0 Å². The lowest BCUT2D eigenvalue weighted by Gasteiger charge is -2.16.